The van der Waals surface area contributed by atoms with E-state index in [0.717, 1.165) is 22.3 Å². The fourth-order valence-electron chi connectivity index (χ4n) is 4.85. The van der Waals surface area contributed by atoms with Crippen molar-refractivity contribution in [3.8, 4) is 17.0 Å². The van der Waals surface area contributed by atoms with Gasteiger partial charge in [-0.15, -0.1) is 0 Å². The quantitative estimate of drug-likeness (QED) is 0.408. The highest BCUT2D eigenvalue weighted by Crippen LogP contribution is 2.32. The molecule has 37 heavy (non-hydrogen) atoms. The van der Waals surface area contributed by atoms with Gasteiger partial charge in [-0.2, -0.15) is 5.10 Å². The SMILES string of the molecule is COc1ccccc1CNC(=O)[C@]1(C)Cn2nc(-c3ccccc3)cc2C(=O)N1Cc1cccc(C)c1. The molecular weight excluding hydrogens is 464 g/mol. The number of nitrogens with zero attached hydrogens (tertiary/aromatic N) is 3. The normalized spacial score (nSPS) is 16.8. The van der Waals surface area contributed by atoms with E-state index in [9.17, 15) is 9.59 Å². The zero-order valence-electron chi connectivity index (χ0n) is 21.3. The molecule has 2 heterocycles. The molecule has 7 nitrogen and oxygen atoms in total. The summed E-state index contributed by atoms with van der Waals surface area (Å²) in [5, 5.41) is 7.77. The molecule has 1 aliphatic rings. The van der Waals surface area contributed by atoms with Gasteiger partial charge in [0, 0.05) is 24.2 Å². The highest BCUT2D eigenvalue weighted by Gasteiger charge is 2.48. The number of hydrogen-bond donors (Lipinski definition) is 1. The van der Waals surface area contributed by atoms with E-state index in [1.54, 1.807) is 16.7 Å². The van der Waals surface area contributed by atoms with Crippen molar-refractivity contribution < 1.29 is 14.3 Å². The minimum Gasteiger partial charge on any atom is -0.496 e. The topological polar surface area (TPSA) is 76.5 Å². The van der Waals surface area contributed by atoms with Crippen LogP contribution in [0.2, 0.25) is 0 Å². The van der Waals surface area contributed by atoms with Crippen LogP contribution >= 0.6 is 0 Å². The second-order valence-electron chi connectivity index (χ2n) is 9.59. The molecule has 0 bridgehead atoms. The van der Waals surface area contributed by atoms with Crippen molar-refractivity contribution in [2.75, 3.05) is 7.11 Å². The molecule has 0 unspecified atom stereocenters. The van der Waals surface area contributed by atoms with E-state index < -0.39 is 5.54 Å². The smallest absolute Gasteiger partial charge is 0.273 e. The third-order valence-corrected chi connectivity index (χ3v) is 6.91. The van der Waals surface area contributed by atoms with E-state index in [1.165, 1.54) is 0 Å². The first-order valence-electron chi connectivity index (χ1n) is 12.3. The molecule has 188 valence electrons. The van der Waals surface area contributed by atoms with Crippen molar-refractivity contribution in [1.29, 1.82) is 0 Å². The van der Waals surface area contributed by atoms with Gasteiger partial charge in [0.1, 0.15) is 17.0 Å². The van der Waals surface area contributed by atoms with Gasteiger partial charge in [0.2, 0.25) is 5.91 Å². The molecule has 2 amide bonds. The summed E-state index contributed by atoms with van der Waals surface area (Å²) in [6.07, 6.45) is 0. The predicted molar refractivity (Wildman–Crippen MR) is 142 cm³/mol. The number of aromatic nitrogens is 2. The second-order valence-corrected chi connectivity index (χ2v) is 9.59. The Balaban J connectivity index is 1.50. The molecule has 1 aromatic heterocycles. The third kappa shape index (κ3) is 4.72. The number of nitrogens with one attached hydrogen (secondary N) is 1. The Kier molecular flexibility index (Phi) is 6.53. The number of fused-ring (bicyclic) bond motifs is 1. The minimum atomic E-state index is -1.16. The summed E-state index contributed by atoms with van der Waals surface area (Å²) in [5.74, 6) is 0.227. The average molecular weight is 495 g/mol. The number of aryl methyl sites for hydroxylation is 1. The largest absolute Gasteiger partial charge is 0.496 e. The monoisotopic (exact) mass is 494 g/mol. The van der Waals surface area contributed by atoms with Gasteiger partial charge in [-0.1, -0.05) is 78.4 Å². The molecule has 0 saturated carbocycles. The first-order chi connectivity index (χ1) is 17.9. The lowest BCUT2D eigenvalue weighted by molar-refractivity contribution is -0.133. The number of hydrogen-bond acceptors (Lipinski definition) is 4. The van der Waals surface area contributed by atoms with E-state index in [-0.39, 0.29) is 24.9 Å². The maximum Gasteiger partial charge on any atom is 0.273 e. The Morgan fingerprint density at radius 1 is 1.03 bits per heavy atom. The zero-order chi connectivity index (χ0) is 26.0. The maximum absolute atomic E-state index is 13.9. The first-order valence-corrected chi connectivity index (χ1v) is 12.3. The van der Waals surface area contributed by atoms with Gasteiger partial charge in [0.25, 0.3) is 5.91 Å². The van der Waals surface area contributed by atoms with Crippen molar-refractivity contribution in [3.63, 3.8) is 0 Å². The van der Waals surface area contributed by atoms with Crippen LogP contribution in [-0.4, -0.2) is 39.1 Å². The maximum atomic E-state index is 13.9. The van der Waals surface area contributed by atoms with Gasteiger partial charge in [-0.3, -0.25) is 14.3 Å². The van der Waals surface area contributed by atoms with Crippen LogP contribution in [0, 0.1) is 6.92 Å². The van der Waals surface area contributed by atoms with E-state index in [1.807, 2.05) is 98.8 Å². The molecule has 5 rings (SSSR count). The van der Waals surface area contributed by atoms with Crippen LogP contribution in [-0.2, 0) is 24.4 Å². The van der Waals surface area contributed by atoms with Crippen LogP contribution in [0.4, 0.5) is 0 Å². The van der Waals surface area contributed by atoms with Gasteiger partial charge in [0.05, 0.1) is 19.3 Å². The second kappa shape index (κ2) is 9.93. The molecule has 4 aromatic rings. The van der Waals surface area contributed by atoms with E-state index in [0.29, 0.717) is 23.7 Å². The van der Waals surface area contributed by atoms with E-state index in [4.69, 9.17) is 9.84 Å². The van der Waals surface area contributed by atoms with Gasteiger partial charge in [-0.05, 0) is 31.5 Å². The number of ether oxygens (including phenoxy) is 1. The van der Waals surface area contributed by atoms with Crippen molar-refractivity contribution in [1.82, 2.24) is 20.0 Å². The average Bonchev–Trinajstić information content (AvgIpc) is 3.34. The van der Waals surface area contributed by atoms with Crippen LogP contribution in [0.15, 0.2) is 84.9 Å². The predicted octanol–water partition coefficient (Wildman–Crippen LogP) is 4.60. The van der Waals surface area contributed by atoms with Gasteiger partial charge in [-0.25, -0.2) is 0 Å². The summed E-state index contributed by atoms with van der Waals surface area (Å²) < 4.78 is 7.10. The molecule has 0 saturated heterocycles. The molecule has 3 aromatic carbocycles. The molecule has 0 radical (unpaired) electrons. The van der Waals surface area contributed by atoms with Crippen LogP contribution in [0.3, 0.4) is 0 Å². The van der Waals surface area contributed by atoms with Crippen molar-refractivity contribution in [2.24, 2.45) is 0 Å². The Morgan fingerprint density at radius 2 is 1.78 bits per heavy atom. The first kappa shape index (κ1) is 24.3. The lowest BCUT2D eigenvalue weighted by atomic mass is 9.93. The molecule has 1 atom stereocenters. The van der Waals surface area contributed by atoms with Crippen molar-refractivity contribution >= 4 is 11.8 Å². The number of carbonyl (C=O) groups is 2. The molecular formula is C30H30N4O3. The summed E-state index contributed by atoms with van der Waals surface area (Å²) in [6, 6.07) is 27.1. The summed E-state index contributed by atoms with van der Waals surface area (Å²) in [7, 11) is 1.61. The number of methoxy groups -OCH3 is 1. The Morgan fingerprint density at radius 3 is 2.54 bits per heavy atom. The molecule has 0 aliphatic carbocycles. The number of carbonyl (C=O) groups excluding carboxylic acids is 2. The molecule has 1 N–H and O–H groups in total. The molecule has 1 aliphatic heterocycles. The fraction of sp³-hybridized carbons (Fsp3) is 0.233. The van der Waals surface area contributed by atoms with E-state index >= 15 is 0 Å². The van der Waals surface area contributed by atoms with Crippen molar-refractivity contribution in [2.45, 2.75) is 39.0 Å². The minimum absolute atomic E-state index is 0.225. The molecule has 0 fully saturated rings. The number of para-hydroxylation sites is 1. The summed E-state index contributed by atoms with van der Waals surface area (Å²) in [5.41, 5.74) is 3.87. The van der Waals surface area contributed by atoms with Crippen LogP contribution in [0.25, 0.3) is 11.3 Å². The number of amides is 2. The Hall–Kier alpha value is -4.39. The third-order valence-electron chi connectivity index (χ3n) is 6.91. The van der Waals surface area contributed by atoms with Crippen LogP contribution in [0.1, 0.15) is 34.1 Å². The number of benzene rings is 3. The summed E-state index contributed by atoms with van der Waals surface area (Å²) in [6.45, 7) is 4.66. The standard InChI is InChI=1S/C30H30N4O3/c1-21-10-9-11-22(16-21)19-33-28(35)26-17-25(23-12-5-4-6-13-23)32-34(26)20-30(33,2)29(36)31-18-24-14-7-8-15-27(24)37-3/h4-17H,18-20H2,1-3H3,(H,31,36)/t30-/m0/s1. The zero-order valence-corrected chi connectivity index (χ0v) is 21.3. The lowest BCUT2D eigenvalue weighted by Crippen LogP contribution is -2.63. The van der Waals surface area contributed by atoms with Gasteiger partial charge in [0.15, 0.2) is 0 Å². The fourth-order valence-corrected chi connectivity index (χ4v) is 4.85. The number of rotatable bonds is 7. The summed E-state index contributed by atoms with van der Waals surface area (Å²) >= 11 is 0. The highest BCUT2D eigenvalue weighted by atomic mass is 16.5. The Labute approximate surface area is 216 Å². The van der Waals surface area contributed by atoms with Gasteiger partial charge < -0.3 is 15.0 Å². The molecule has 7 heteroatoms. The van der Waals surface area contributed by atoms with E-state index in [2.05, 4.69) is 5.32 Å². The Bertz CT molecular complexity index is 1450. The lowest BCUT2D eigenvalue weighted by Gasteiger charge is -2.43. The van der Waals surface area contributed by atoms with Crippen LogP contribution in [0.5, 0.6) is 5.75 Å². The molecule has 0 spiro atoms. The van der Waals surface area contributed by atoms with Gasteiger partial charge >= 0.3 is 0 Å². The highest BCUT2D eigenvalue weighted by molar-refractivity contribution is 6.00. The van der Waals surface area contributed by atoms with Crippen LogP contribution < -0.4 is 10.1 Å². The van der Waals surface area contributed by atoms with Crippen molar-refractivity contribution in [3.05, 3.63) is 107 Å². The summed E-state index contributed by atoms with van der Waals surface area (Å²) in [4.78, 5) is 29.4.